The fourth-order valence-corrected chi connectivity index (χ4v) is 4.92. The van der Waals surface area contributed by atoms with Gasteiger partial charge in [-0.15, -0.1) is 0 Å². The summed E-state index contributed by atoms with van der Waals surface area (Å²) in [4.78, 5) is 36.8. The third-order valence-electron chi connectivity index (χ3n) is 5.36. The fraction of sp³-hybridized carbons (Fsp3) is 0.348. The largest absolute Gasteiger partial charge is 0.452 e. The van der Waals surface area contributed by atoms with Gasteiger partial charge in [-0.2, -0.15) is 4.31 Å². The van der Waals surface area contributed by atoms with E-state index < -0.39 is 40.0 Å². The Balaban J connectivity index is 1.43. The van der Waals surface area contributed by atoms with Gasteiger partial charge in [-0.25, -0.2) is 13.2 Å². The van der Waals surface area contributed by atoms with Crippen LogP contribution >= 0.6 is 0 Å². The van der Waals surface area contributed by atoms with E-state index >= 15 is 0 Å². The van der Waals surface area contributed by atoms with Crippen molar-refractivity contribution < 1.29 is 27.5 Å². The van der Waals surface area contributed by atoms with Gasteiger partial charge in [-0.1, -0.05) is 48.5 Å². The Morgan fingerprint density at radius 2 is 1.58 bits per heavy atom. The Morgan fingerprint density at radius 1 is 1.00 bits per heavy atom. The molecule has 0 aromatic heterocycles. The Hall–Kier alpha value is -3.24. The maximum Gasteiger partial charge on any atom is 0.321 e. The van der Waals surface area contributed by atoms with Crippen LogP contribution in [0.4, 0.5) is 4.79 Å². The maximum atomic E-state index is 12.7. The third-order valence-corrected chi connectivity index (χ3v) is 7.28. The lowest BCUT2D eigenvalue weighted by Gasteiger charge is -2.30. The van der Waals surface area contributed by atoms with Crippen molar-refractivity contribution in [1.29, 1.82) is 0 Å². The van der Waals surface area contributed by atoms with E-state index in [4.69, 9.17) is 4.74 Å². The molecule has 2 aromatic rings. The molecule has 0 bridgehead atoms. The molecule has 1 atom stereocenters. The molecule has 1 unspecified atom stereocenters. The van der Waals surface area contributed by atoms with Crippen LogP contribution < -0.4 is 10.6 Å². The summed E-state index contributed by atoms with van der Waals surface area (Å²) in [7, 11) is -3.61. The summed E-state index contributed by atoms with van der Waals surface area (Å²) in [5, 5.41) is 4.71. The molecular formula is C23H27N3O6S. The molecule has 2 N–H and O–H groups in total. The number of hydrogen-bond acceptors (Lipinski definition) is 6. The van der Waals surface area contributed by atoms with E-state index in [1.165, 1.54) is 23.4 Å². The number of piperidine rings is 1. The molecule has 9 nitrogen and oxygen atoms in total. The van der Waals surface area contributed by atoms with Crippen LogP contribution in [0.5, 0.6) is 0 Å². The Labute approximate surface area is 193 Å². The van der Waals surface area contributed by atoms with Gasteiger partial charge in [-0.3, -0.25) is 14.9 Å². The van der Waals surface area contributed by atoms with Gasteiger partial charge in [0.25, 0.3) is 5.91 Å². The quantitative estimate of drug-likeness (QED) is 0.594. The number of amides is 3. The lowest BCUT2D eigenvalue weighted by Crippen LogP contribution is -2.45. The number of nitrogens with zero attached hydrogens (tertiary/aromatic N) is 1. The summed E-state index contributed by atoms with van der Waals surface area (Å²) in [6.45, 7) is 1.99. The molecule has 3 rings (SSSR count). The van der Waals surface area contributed by atoms with Gasteiger partial charge in [0.2, 0.25) is 10.0 Å². The maximum absolute atomic E-state index is 12.7. The second-order valence-corrected chi connectivity index (χ2v) is 9.67. The number of benzene rings is 2. The summed E-state index contributed by atoms with van der Waals surface area (Å²) in [5.41, 5.74) is 0.875. The van der Waals surface area contributed by atoms with Gasteiger partial charge >= 0.3 is 12.0 Å². The molecule has 33 heavy (non-hydrogen) atoms. The Morgan fingerprint density at radius 3 is 2.18 bits per heavy atom. The molecule has 2 aromatic carbocycles. The molecule has 3 amide bonds. The minimum Gasteiger partial charge on any atom is -0.452 e. The molecule has 1 saturated heterocycles. The van der Waals surface area contributed by atoms with E-state index in [-0.39, 0.29) is 37.4 Å². The lowest BCUT2D eigenvalue weighted by molar-refractivity contribution is -0.159. The van der Waals surface area contributed by atoms with Crippen LogP contribution in [0, 0.1) is 5.92 Å². The highest BCUT2D eigenvalue weighted by Gasteiger charge is 2.34. The highest BCUT2D eigenvalue weighted by Crippen LogP contribution is 2.24. The van der Waals surface area contributed by atoms with Crippen molar-refractivity contribution in [3.8, 4) is 0 Å². The van der Waals surface area contributed by atoms with Crippen molar-refractivity contribution in [3.05, 3.63) is 66.2 Å². The molecule has 1 aliphatic heterocycles. The third kappa shape index (κ3) is 6.62. The summed E-state index contributed by atoms with van der Waals surface area (Å²) in [6.07, 6.45) is -0.584. The number of sulfonamides is 1. The van der Waals surface area contributed by atoms with Crippen molar-refractivity contribution in [1.82, 2.24) is 14.9 Å². The first-order chi connectivity index (χ1) is 15.8. The van der Waals surface area contributed by atoms with Crippen molar-refractivity contribution in [2.45, 2.75) is 37.3 Å². The average molecular weight is 474 g/mol. The fourth-order valence-electron chi connectivity index (χ4n) is 3.43. The number of rotatable bonds is 7. The standard InChI is InChI=1S/C23H27N3O6S/c1-17(21(27)25-23(29)24-16-18-8-4-2-5-9-18)32-22(28)19-12-14-26(15-13-19)33(30,31)20-10-6-3-7-11-20/h2-11,17,19H,12-16H2,1H3,(H2,24,25,27,29). The summed E-state index contributed by atoms with van der Waals surface area (Å²) >= 11 is 0. The molecule has 0 saturated carbocycles. The summed E-state index contributed by atoms with van der Waals surface area (Å²) < 4.78 is 32.0. The second kappa shape index (κ2) is 11.1. The van der Waals surface area contributed by atoms with Crippen molar-refractivity contribution >= 4 is 27.9 Å². The highest BCUT2D eigenvalue weighted by molar-refractivity contribution is 7.89. The molecule has 176 valence electrons. The molecule has 0 spiro atoms. The van der Waals surface area contributed by atoms with Crippen molar-refractivity contribution in [3.63, 3.8) is 0 Å². The topological polar surface area (TPSA) is 122 Å². The van der Waals surface area contributed by atoms with Gasteiger partial charge in [0.1, 0.15) is 0 Å². The molecule has 1 fully saturated rings. The van der Waals surface area contributed by atoms with Crippen molar-refractivity contribution in [2.24, 2.45) is 5.92 Å². The average Bonchev–Trinajstić information content (AvgIpc) is 2.84. The summed E-state index contributed by atoms with van der Waals surface area (Å²) in [6, 6.07) is 16.6. The van der Waals surface area contributed by atoms with Crippen molar-refractivity contribution in [2.75, 3.05) is 13.1 Å². The smallest absolute Gasteiger partial charge is 0.321 e. The van der Waals surface area contributed by atoms with Gasteiger partial charge in [0.05, 0.1) is 10.8 Å². The van der Waals surface area contributed by atoms with Crippen LogP contribution in [-0.4, -0.2) is 49.8 Å². The predicted molar refractivity (Wildman–Crippen MR) is 120 cm³/mol. The number of imide groups is 1. The van der Waals surface area contributed by atoms with Crippen LogP contribution in [0.15, 0.2) is 65.6 Å². The van der Waals surface area contributed by atoms with E-state index in [2.05, 4.69) is 10.6 Å². The number of esters is 1. The normalized spacial score (nSPS) is 15.9. The number of hydrogen-bond donors (Lipinski definition) is 2. The minimum absolute atomic E-state index is 0.180. The highest BCUT2D eigenvalue weighted by atomic mass is 32.2. The monoisotopic (exact) mass is 473 g/mol. The van der Waals surface area contributed by atoms with Crippen LogP contribution in [0.1, 0.15) is 25.3 Å². The lowest BCUT2D eigenvalue weighted by atomic mass is 9.98. The van der Waals surface area contributed by atoms with E-state index in [0.717, 1.165) is 5.56 Å². The van der Waals surface area contributed by atoms with Crippen LogP contribution in [0.3, 0.4) is 0 Å². The first-order valence-corrected chi connectivity index (χ1v) is 12.1. The predicted octanol–water partition coefficient (Wildman–Crippen LogP) is 2.04. The minimum atomic E-state index is -3.61. The first kappa shape index (κ1) is 24.4. The first-order valence-electron chi connectivity index (χ1n) is 10.7. The SMILES string of the molecule is CC(OC(=O)C1CCN(S(=O)(=O)c2ccccc2)CC1)C(=O)NC(=O)NCc1ccccc1. The van der Waals surface area contributed by atoms with E-state index in [9.17, 15) is 22.8 Å². The zero-order valence-electron chi connectivity index (χ0n) is 18.3. The second-order valence-electron chi connectivity index (χ2n) is 7.73. The van der Waals surface area contributed by atoms with Gasteiger partial charge in [0.15, 0.2) is 6.10 Å². The van der Waals surface area contributed by atoms with Gasteiger partial charge in [0, 0.05) is 19.6 Å². The Bertz CT molecular complexity index is 1070. The molecule has 10 heteroatoms. The van der Waals surface area contributed by atoms with Crippen LogP contribution in [0.25, 0.3) is 0 Å². The van der Waals surface area contributed by atoms with Crippen LogP contribution in [0.2, 0.25) is 0 Å². The van der Waals surface area contributed by atoms with E-state index in [1.807, 2.05) is 30.3 Å². The zero-order valence-corrected chi connectivity index (χ0v) is 19.1. The van der Waals surface area contributed by atoms with Gasteiger partial charge < -0.3 is 10.1 Å². The molecule has 0 radical (unpaired) electrons. The summed E-state index contributed by atoms with van der Waals surface area (Å²) in [5.74, 6) is -1.84. The van der Waals surface area contributed by atoms with Crippen LogP contribution in [-0.2, 0) is 30.9 Å². The number of carbonyl (C=O) groups excluding carboxylic acids is 3. The van der Waals surface area contributed by atoms with Gasteiger partial charge in [-0.05, 0) is 37.5 Å². The number of nitrogens with one attached hydrogen (secondary N) is 2. The zero-order chi connectivity index (χ0) is 23.8. The molecule has 1 heterocycles. The molecule has 1 aliphatic rings. The molecule has 0 aliphatic carbocycles. The number of urea groups is 1. The van der Waals surface area contributed by atoms with E-state index in [1.54, 1.807) is 18.2 Å². The number of ether oxygens (including phenoxy) is 1. The number of carbonyl (C=O) groups is 3. The Kier molecular flexibility index (Phi) is 8.18. The van der Waals surface area contributed by atoms with E-state index in [0.29, 0.717) is 0 Å². The molecular weight excluding hydrogens is 446 g/mol.